The zero-order valence-electron chi connectivity index (χ0n) is 14.6. The highest BCUT2D eigenvalue weighted by Gasteiger charge is 2.62. The Morgan fingerprint density at radius 3 is 2.43 bits per heavy atom. The summed E-state index contributed by atoms with van der Waals surface area (Å²) in [5.74, 6) is 0.685. The van der Waals surface area contributed by atoms with Gasteiger partial charge in [0.05, 0.1) is 0 Å². The van der Waals surface area contributed by atoms with Gasteiger partial charge < -0.3 is 5.11 Å². The van der Waals surface area contributed by atoms with E-state index in [0.29, 0.717) is 5.92 Å². The molecule has 23 heavy (non-hydrogen) atoms. The van der Waals surface area contributed by atoms with Crippen LogP contribution in [0.3, 0.4) is 0 Å². The Bertz CT molecular complexity index is 632. The van der Waals surface area contributed by atoms with Crippen LogP contribution in [0.1, 0.15) is 52.5 Å². The molecule has 2 fully saturated rings. The van der Waals surface area contributed by atoms with Crippen LogP contribution in [0.15, 0.2) is 41.8 Å². The van der Waals surface area contributed by atoms with Gasteiger partial charge in [0.1, 0.15) is 5.60 Å². The van der Waals surface area contributed by atoms with Crippen LogP contribution in [0.2, 0.25) is 0 Å². The van der Waals surface area contributed by atoms with E-state index in [0.717, 1.165) is 12.0 Å². The summed E-state index contributed by atoms with van der Waals surface area (Å²) < 4.78 is 12.9. The number of benzene rings is 1. The van der Waals surface area contributed by atoms with Crippen molar-refractivity contribution in [3.63, 3.8) is 0 Å². The fraction of sp³-hybridized carbons (Fsp3) is 0.600. The Labute approximate surface area is 142 Å². The minimum absolute atomic E-state index is 0.144. The summed E-state index contributed by atoms with van der Waals surface area (Å²) in [6.07, 6.45) is 5.20. The van der Waals surface area contributed by atoms with Crippen molar-refractivity contribution in [2.45, 2.75) is 57.8 Å². The van der Waals surface area contributed by atoms with Crippen LogP contribution in [0.25, 0.3) is 0 Å². The molecule has 1 aromatic rings. The molecule has 126 valence electrons. The highest BCUT2D eigenvalue weighted by atomic mass is 32.2. The van der Waals surface area contributed by atoms with Crippen molar-refractivity contribution in [3.05, 3.63) is 47.4 Å². The standard InChI is InChI=1S/C20H28O2S/c1-18(2)16-10-11-19(18,3)17(14-16)23(22)13-12-20(4,21)15-8-6-5-7-9-15/h5-9,12-13,16-17,21H,10-11,14H2,1-4H3/b13-12+/t16-,17-,19+,20-,23?/m0/s1. The summed E-state index contributed by atoms with van der Waals surface area (Å²) >= 11 is 0. The molecule has 0 radical (unpaired) electrons. The average Bonchev–Trinajstić information content (AvgIpc) is 2.86. The molecule has 0 aromatic heterocycles. The third-order valence-corrected chi connectivity index (χ3v) is 8.56. The molecule has 2 aliphatic rings. The maximum atomic E-state index is 12.9. The van der Waals surface area contributed by atoms with E-state index in [-0.39, 0.29) is 16.1 Å². The summed E-state index contributed by atoms with van der Waals surface area (Å²) in [4.78, 5) is 0. The third-order valence-electron chi connectivity index (χ3n) is 6.88. The van der Waals surface area contributed by atoms with Gasteiger partial charge in [-0.3, -0.25) is 4.21 Å². The van der Waals surface area contributed by atoms with E-state index in [1.54, 1.807) is 18.4 Å². The number of rotatable bonds is 4. The first kappa shape index (κ1) is 16.9. The van der Waals surface area contributed by atoms with Crippen LogP contribution in [-0.4, -0.2) is 14.6 Å². The third kappa shape index (κ3) is 2.62. The number of fused-ring (bicyclic) bond motifs is 2. The molecule has 1 unspecified atom stereocenters. The molecule has 1 aromatic carbocycles. The van der Waals surface area contributed by atoms with Crippen LogP contribution in [0.4, 0.5) is 0 Å². The minimum atomic E-state index is -1.08. The van der Waals surface area contributed by atoms with Crippen molar-refractivity contribution in [3.8, 4) is 0 Å². The van der Waals surface area contributed by atoms with E-state index in [4.69, 9.17) is 0 Å². The fourth-order valence-electron chi connectivity index (χ4n) is 4.65. The Morgan fingerprint density at radius 2 is 1.91 bits per heavy atom. The predicted octanol–water partition coefficient (Wildman–Crippen LogP) is 4.37. The summed E-state index contributed by atoms with van der Waals surface area (Å²) in [6.45, 7) is 8.74. The molecule has 3 rings (SSSR count). The molecular formula is C20H28O2S. The number of hydrogen-bond acceptors (Lipinski definition) is 2. The van der Waals surface area contributed by atoms with Crippen LogP contribution in [0, 0.1) is 16.7 Å². The van der Waals surface area contributed by atoms with Crippen molar-refractivity contribution >= 4 is 10.8 Å². The smallest absolute Gasteiger partial charge is 0.106 e. The second-order valence-electron chi connectivity index (χ2n) is 8.24. The molecule has 2 nitrogen and oxygen atoms in total. The maximum Gasteiger partial charge on any atom is 0.106 e. The lowest BCUT2D eigenvalue weighted by Gasteiger charge is -2.38. The SMILES string of the molecule is CC1(C)[C@H]2CC[C@]1(C)[C@@H](S(=O)/C=C/[C@](C)(O)c1ccccc1)C2. The van der Waals surface area contributed by atoms with Crippen molar-refractivity contribution < 1.29 is 9.32 Å². The lowest BCUT2D eigenvalue weighted by molar-refractivity contribution is 0.111. The number of hydrogen-bond donors (Lipinski definition) is 1. The normalized spacial score (nSPS) is 36.2. The van der Waals surface area contributed by atoms with E-state index < -0.39 is 16.4 Å². The Kier molecular flexibility index (Phi) is 4.09. The van der Waals surface area contributed by atoms with Crippen molar-refractivity contribution in [2.75, 3.05) is 0 Å². The second-order valence-corrected chi connectivity index (χ2v) is 9.74. The van der Waals surface area contributed by atoms with Gasteiger partial charge in [-0.25, -0.2) is 0 Å². The van der Waals surface area contributed by atoms with Crippen molar-refractivity contribution in [1.29, 1.82) is 0 Å². The minimum Gasteiger partial charge on any atom is -0.381 e. The van der Waals surface area contributed by atoms with Gasteiger partial charge in [0.15, 0.2) is 0 Å². The summed E-state index contributed by atoms with van der Waals surface area (Å²) in [7, 11) is -1.04. The molecule has 2 aliphatic carbocycles. The molecule has 0 amide bonds. The zero-order chi connectivity index (χ0) is 16.9. The lowest BCUT2D eigenvalue weighted by atomic mass is 9.71. The molecule has 0 heterocycles. The monoisotopic (exact) mass is 332 g/mol. The zero-order valence-corrected chi connectivity index (χ0v) is 15.4. The van der Waals surface area contributed by atoms with Gasteiger partial charge in [0, 0.05) is 21.5 Å². The average molecular weight is 333 g/mol. The molecule has 0 aliphatic heterocycles. The molecule has 5 atom stereocenters. The van der Waals surface area contributed by atoms with E-state index in [9.17, 15) is 9.32 Å². The van der Waals surface area contributed by atoms with Crippen LogP contribution in [0.5, 0.6) is 0 Å². The lowest BCUT2D eigenvalue weighted by Crippen LogP contribution is -2.37. The Morgan fingerprint density at radius 1 is 1.26 bits per heavy atom. The maximum absolute atomic E-state index is 12.9. The van der Waals surface area contributed by atoms with Gasteiger partial charge in [0.25, 0.3) is 0 Å². The van der Waals surface area contributed by atoms with Gasteiger partial charge >= 0.3 is 0 Å². The van der Waals surface area contributed by atoms with E-state index in [1.807, 2.05) is 30.3 Å². The van der Waals surface area contributed by atoms with Crippen molar-refractivity contribution in [1.82, 2.24) is 0 Å². The molecule has 2 saturated carbocycles. The first-order valence-electron chi connectivity index (χ1n) is 8.55. The topological polar surface area (TPSA) is 37.3 Å². The summed E-state index contributed by atoms with van der Waals surface area (Å²) in [5.41, 5.74) is 0.159. The predicted molar refractivity (Wildman–Crippen MR) is 96.3 cm³/mol. The van der Waals surface area contributed by atoms with Crippen LogP contribution in [-0.2, 0) is 16.4 Å². The van der Waals surface area contributed by atoms with Gasteiger partial charge in [-0.1, -0.05) is 51.1 Å². The van der Waals surface area contributed by atoms with Crippen LogP contribution < -0.4 is 0 Å². The first-order chi connectivity index (χ1) is 10.7. The molecule has 0 spiro atoms. The van der Waals surface area contributed by atoms with Crippen molar-refractivity contribution in [2.24, 2.45) is 16.7 Å². The second kappa shape index (κ2) is 5.56. The summed E-state index contributed by atoms with van der Waals surface area (Å²) in [5, 5.41) is 12.6. The Balaban J connectivity index is 1.78. The molecule has 3 heteroatoms. The molecule has 0 saturated heterocycles. The highest BCUT2D eigenvalue weighted by Crippen LogP contribution is 2.66. The highest BCUT2D eigenvalue weighted by molar-refractivity contribution is 7.88. The van der Waals surface area contributed by atoms with Gasteiger partial charge in [-0.05, 0) is 54.6 Å². The van der Waals surface area contributed by atoms with E-state index in [1.165, 1.54) is 12.8 Å². The summed E-state index contributed by atoms with van der Waals surface area (Å²) in [6, 6.07) is 9.55. The van der Waals surface area contributed by atoms with Crippen LogP contribution >= 0.6 is 0 Å². The first-order valence-corrected chi connectivity index (χ1v) is 9.83. The fourth-order valence-corrected chi connectivity index (χ4v) is 6.59. The quantitative estimate of drug-likeness (QED) is 0.889. The number of aliphatic hydroxyl groups is 1. The van der Waals surface area contributed by atoms with Gasteiger partial charge in [0.2, 0.25) is 0 Å². The van der Waals surface area contributed by atoms with Gasteiger partial charge in [-0.15, -0.1) is 0 Å². The largest absolute Gasteiger partial charge is 0.381 e. The molecular weight excluding hydrogens is 304 g/mol. The Hall–Kier alpha value is -0.930. The van der Waals surface area contributed by atoms with E-state index >= 15 is 0 Å². The molecule has 1 N–H and O–H groups in total. The van der Waals surface area contributed by atoms with E-state index in [2.05, 4.69) is 20.8 Å². The van der Waals surface area contributed by atoms with Gasteiger partial charge in [-0.2, -0.15) is 0 Å². The molecule has 2 bridgehead atoms.